The van der Waals surface area contributed by atoms with Gasteiger partial charge in [-0.3, -0.25) is 4.79 Å². The summed E-state index contributed by atoms with van der Waals surface area (Å²) in [5.41, 5.74) is 1.95. The molecule has 0 unspecified atom stereocenters. The Hall–Kier alpha value is -2.21. The van der Waals surface area contributed by atoms with Crippen LogP contribution >= 0.6 is 34.5 Å². The Balaban J connectivity index is 1.39. The number of hydrogen-bond donors (Lipinski definition) is 1. The summed E-state index contributed by atoms with van der Waals surface area (Å²) >= 11 is 13.5. The van der Waals surface area contributed by atoms with Crippen LogP contribution in [0.15, 0.2) is 48.5 Å². The minimum atomic E-state index is -0.0983. The van der Waals surface area contributed by atoms with Crippen LogP contribution in [0.4, 0.5) is 0 Å². The largest absolute Gasteiger partial charge is 0.486 e. The Labute approximate surface area is 177 Å². The molecule has 0 spiro atoms. The molecule has 2 aromatic carbocycles. The molecule has 1 aliphatic heterocycles. The highest BCUT2D eigenvalue weighted by Crippen LogP contribution is 2.36. The molecule has 3 aromatic rings. The molecule has 0 bridgehead atoms. The van der Waals surface area contributed by atoms with E-state index in [0.29, 0.717) is 41.1 Å². The summed E-state index contributed by atoms with van der Waals surface area (Å²) in [5, 5.41) is 4.15. The second-order valence-electron chi connectivity index (χ2n) is 6.26. The lowest BCUT2D eigenvalue weighted by Crippen LogP contribution is -2.24. The molecule has 0 saturated carbocycles. The van der Waals surface area contributed by atoms with E-state index in [0.717, 1.165) is 27.5 Å². The molecule has 0 saturated heterocycles. The van der Waals surface area contributed by atoms with Gasteiger partial charge < -0.3 is 14.8 Å². The second kappa shape index (κ2) is 8.43. The molecule has 7 heteroatoms. The Bertz CT molecular complexity index is 1020. The summed E-state index contributed by atoms with van der Waals surface area (Å²) in [4.78, 5) is 14.1. The molecule has 0 fully saturated rings. The van der Waals surface area contributed by atoms with E-state index in [1.54, 1.807) is 12.1 Å². The standard InChI is InChI=1S/C21H17Cl2NO3S/c22-15-3-1-13(16(23)12-15)7-8-24-21(25)20-6-5-19(28-20)14-2-4-17-18(11-14)27-10-9-26-17/h1-6,11-12H,7-10H2,(H,24,25). The van der Waals surface area contributed by atoms with E-state index < -0.39 is 0 Å². The van der Waals surface area contributed by atoms with Crippen molar-refractivity contribution in [3.05, 3.63) is 69.0 Å². The quantitative estimate of drug-likeness (QED) is 0.580. The molecule has 1 aromatic heterocycles. The van der Waals surface area contributed by atoms with Crippen molar-refractivity contribution >= 4 is 40.4 Å². The van der Waals surface area contributed by atoms with Crippen molar-refractivity contribution in [2.45, 2.75) is 6.42 Å². The van der Waals surface area contributed by atoms with Crippen LogP contribution in [0.2, 0.25) is 10.0 Å². The van der Waals surface area contributed by atoms with Gasteiger partial charge in [0.2, 0.25) is 0 Å². The Morgan fingerprint density at radius 2 is 1.82 bits per heavy atom. The van der Waals surface area contributed by atoms with Crippen molar-refractivity contribution in [1.29, 1.82) is 0 Å². The summed E-state index contributed by atoms with van der Waals surface area (Å²) in [6, 6.07) is 15.0. The number of rotatable bonds is 5. The number of nitrogens with one attached hydrogen (secondary N) is 1. The normalized spacial score (nSPS) is 12.6. The number of hydrogen-bond acceptors (Lipinski definition) is 4. The molecule has 0 radical (unpaired) electrons. The highest BCUT2D eigenvalue weighted by molar-refractivity contribution is 7.17. The summed E-state index contributed by atoms with van der Waals surface area (Å²) in [6.45, 7) is 1.61. The van der Waals surface area contributed by atoms with E-state index in [2.05, 4.69) is 5.32 Å². The van der Waals surface area contributed by atoms with E-state index in [1.807, 2.05) is 36.4 Å². The topological polar surface area (TPSA) is 47.6 Å². The van der Waals surface area contributed by atoms with Crippen molar-refractivity contribution < 1.29 is 14.3 Å². The number of carbonyl (C=O) groups is 1. The third-order valence-electron chi connectivity index (χ3n) is 4.35. The van der Waals surface area contributed by atoms with E-state index >= 15 is 0 Å². The van der Waals surface area contributed by atoms with Crippen molar-refractivity contribution in [2.75, 3.05) is 19.8 Å². The first-order valence-corrected chi connectivity index (χ1v) is 10.4. The zero-order chi connectivity index (χ0) is 19.5. The monoisotopic (exact) mass is 433 g/mol. The number of carbonyl (C=O) groups excluding carboxylic acids is 1. The van der Waals surface area contributed by atoms with Crippen molar-refractivity contribution in [3.8, 4) is 21.9 Å². The van der Waals surface area contributed by atoms with Gasteiger partial charge in [-0.05, 0) is 60.0 Å². The van der Waals surface area contributed by atoms with Gasteiger partial charge in [0.15, 0.2) is 11.5 Å². The fourth-order valence-electron chi connectivity index (χ4n) is 2.93. The summed E-state index contributed by atoms with van der Waals surface area (Å²) in [5.74, 6) is 1.40. The predicted molar refractivity (Wildman–Crippen MR) is 113 cm³/mol. The van der Waals surface area contributed by atoms with E-state index in [4.69, 9.17) is 32.7 Å². The Morgan fingerprint density at radius 3 is 2.64 bits per heavy atom. The van der Waals surface area contributed by atoms with Crippen molar-refractivity contribution in [2.24, 2.45) is 0 Å². The number of thiophene rings is 1. The maximum atomic E-state index is 12.5. The molecule has 144 valence electrons. The van der Waals surface area contributed by atoms with Crippen molar-refractivity contribution in [3.63, 3.8) is 0 Å². The van der Waals surface area contributed by atoms with Gasteiger partial charge in [-0.2, -0.15) is 0 Å². The highest BCUT2D eigenvalue weighted by atomic mass is 35.5. The number of benzene rings is 2. The molecule has 0 aliphatic carbocycles. The molecule has 4 rings (SSSR count). The third-order valence-corrected chi connectivity index (χ3v) is 6.07. The average Bonchev–Trinajstić information content (AvgIpc) is 3.19. The molecule has 0 atom stereocenters. The number of ether oxygens (including phenoxy) is 2. The zero-order valence-corrected chi connectivity index (χ0v) is 17.2. The maximum Gasteiger partial charge on any atom is 0.261 e. The Kier molecular flexibility index (Phi) is 5.76. The van der Waals surface area contributed by atoms with Gasteiger partial charge >= 0.3 is 0 Å². The minimum absolute atomic E-state index is 0.0983. The van der Waals surface area contributed by atoms with Crippen LogP contribution in [-0.2, 0) is 6.42 Å². The smallest absolute Gasteiger partial charge is 0.261 e. The third kappa shape index (κ3) is 4.27. The fraction of sp³-hybridized carbons (Fsp3) is 0.190. The first-order valence-electron chi connectivity index (χ1n) is 8.82. The van der Waals surface area contributed by atoms with Crippen LogP contribution in [-0.4, -0.2) is 25.7 Å². The molecule has 2 heterocycles. The lowest BCUT2D eigenvalue weighted by Gasteiger charge is -2.18. The number of halogens is 2. The van der Waals surface area contributed by atoms with Crippen LogP contribution < -0.4 is 14.8 Å². The van der Waals surface area contributed by atoms with Gasteiger partial charge in [0.25, 0.3) is 5.91 Å². The van der Waals surface area contributed by atoms with Crippen molar-refractivity contribution in [1.82, 2.24) is 5.32 Å². The van der Waals surface area contributed by atoms with E-state index in [1.165, 1.54) is 11.3 Å². The average molecular weight is 434 g/mol. The molecule has 4 nitrogen and oxygen atoms in total. The number of fused-ring (bicyclic) bond motifs is 1. The molecular weight excluding hydrogens is 417 g/mol. The summed E-state index contributed by atoms with van der Waals surface area (Å²) in [6.07, 6.45) is 0.641. The maximum absolute atomic E-state index is 12.5. The van der Waals surface area contributed by atoms with Crippen LogP contribution in [0.1, 0.15) is 15.2 Å². The van der Waals surface area contributed by atoms with Gasteiger partial charge in [-0.25, -0.2) is 0 Å². The van der Waals surface area contributed by atoms with Gasteiger partial charge in [0, 0.05) is 21.5 Å². The summed E-state index contributed by atoms with van der Waals surface area (Å²) < 4.78 is 11.2. The highest BCUT2D eigenvalue weighted by Gasteiger charge is 2.15. The fourth-order valence-corrected chi connectivity index (χ4v) is 4.36. The van der Waals surface area contributed by atoms with Crippen LogP contribution in [0.5, 0.6) is 11.5 Å². The molecule has 28 heavy (non-hydrogen) atoms. The summed E-state index contributed by atoms with van der Waals surface area (Å²) in [7, 11) is 0. The molecule has 1 N–H and O–H groups in total. The van der Waals surface area contributed by atoms with Gasteiger partial charge in [-0.1, -0.05) is 29.3 Å². The minimum Gasteiger partial charge on any atom is -0.486 e. The molecule has 1 amide bonds. The molecule has 1 aliphatic rings. The van der Waals surface area contributed by atoms with Crippen LogP contribution in [0, 0.1) is 0 Å². The van der Waals surface area contributed by atoms with Crippen LogP contribution in [0.3, 0.4) is 0 Å². The van der Waals surface area contributed by atoms with E-state index in [-0.39, 0.29) is 5.91 Å². The van der Waals surface area contributed by atoms with Crippen LogP contribution in [0.25, 0.3) is 10.4 Å². The number of amides is 1. The molecular formula is C21H17Cl2NO3S. The predicted octanol–water partition coefficient (Wildman–Crippen LogP) is 5.47. The zero-order valence-electron chi connectivity index (χ0n) is 14.8. The Morgan fingerprint density at radius 1 is 1.00 bits per heavy atom. The van der Waals surface area contributed by atoms with Gasteiger partial charge in [0.05, 0.1) is 4.88 Å². The lowest BCUT2D eigenvalue weighted by molar-refractivity contribution is 0.0958. The SMILES string of the molecule is O=C(NCCc1ccc(Cl)cc1Cl)c1ccc(-c2ccc3c(c2)OCCO3)s1. The second-order valence-corrected chi connectivity index (χ2v) is 8.19. The van der Waals surface area contributed by atoms with E-state index in [9.17, 15) is 4.79 Å². The first kappa shape index (κ1) is 19.1. The lowest BCUT2D eigenvalue weighted by atomic mass is 10.1. The van der Waals surface area contributed by atoms with Gasteiger partial charge in [0.1, 0.15) is 13.2 Å². The first-order chi connectivity index (χ1) is 13.6. The van der Waals surface area contributed by atoms with Gasteiger partial charge in [-0.15, -0.1) is 11.3 Å².